The molecule has 2 heterocycles. The summed E-state index contributed by atoms with van der Waals surface area (Å²) in [7, 11) is 0. The highest BCUT2D eigenvalue weighted by Crippen LogP contribution is 2.35. The quantitative estimate of drug-likeness (QED) is 0.169. The molecule has 0 saturated carbocycles. The van der Waals surface area contributed by atoms with E-state index in [2.05, 4.69) is 0 Å². The molecule has 1 saturated heterocycles. The van der Waals surface area contributed by atoms with Gasteiger partial charge in [-0.3, -0.25) is 9.36 Å². The Hall–Kier alpha value is -5.54. The highest BCUT2D eigenvalue weighted by molar-refractivity contribution is 5.91. The SMILES string of the molecule is Cc1cccc2c(=O)n([C@@H]3O[C@H](COC(=O)c4ccccc4)[C@H](OC(=O)c4ccccc4)[C@H]3OC(=O)c3ccccc3)ccc12. The lowest BCUT2D eigenvalue weighted by Gasteiger charge is -2.25. The van der Waals surface area contributed by atoms with Crippen LogP contribution in [0, 0.1) is 6.92 Å². The second kappa shape index (κ2) is 13.0. The maximum absolute atomic E-state index is 13.8. The number of hydrogen-bond donors (Lipinski definition) is 0. The molecule has 1 aliphatic heterocycles. The van der Waals surface area contributed by atoms with Gasteiger partial charge < -0.3 is 18.9 Å². The Morgan fingerprint density at radius 3 is 1.76 bits per heavy atom. The van der Waals surface area contributed by atoms with Crippen LogP contribution in [0.4, 0.5) is 0 Å². The van der Waals surface area contributed by atoms with Gasteiger partial charge in [-0.15, -0.1) is 0 Å². The molecule has 9 nitrogen and oxygen atoms in total. The Morgan fingerprint density at radius 2 is 1.18 bits per heavy atom. The summed E-state index contributed by atoms with van der Waals surface area (Å²) in [5.74, 6) is -2.03. The van der Waals surface area contributed by atoms with Gasteiger partial charge in [0.05, 0.1) is 16.7 Å². The molecule has 9 heteroatoms. The van der Waals surface area contributed by atoms with E-state index in [1.165, 1.54) is 4.57 Å². The van der Waals surface area contributed by atoms with E-state index in [1.807, 2.05) is 13.0 Å². The molecule has 0 radical (unpaired) electrons. The number of benzene rings is 4. The molecule has 4 aromatic carbocycles. The number of aryl methyl sites for hydroxylation is 1. The van der Waals surface area contributed by atoms with Crippen LogP contribution in [0.25, 0.3) is 10.8 Å². The molecule has 5 aromatic rings. The molecular weight excluding hydrogens is 574 g/mol. The first-order valence-corrected chi connectivity index (χ1v) is 14.4. The zero-order valence-corrected chi connectivity index (χ0v) is 24.3. The first kappa shape index (κ1) is 29.5. The van der Waals surface area contributed by atoms with Crippen molar-refractivity contribution < 1.29 is 33.3 Å². The highest BCUT2D eigenvalue weighted by Gasteiger charge is 2.51. The van der Waals surface area contributed by atoms with Gasteiger partial charge in [0.25, 0.3) is 5.56 Å². The van der Waals surface area contributed by atoms with Gasteiger partial charge in [-0.05, 0) is 66.4 Å². The average molecular weight is 604 g/mol. The normalized spacial score (nSPS) is 19.1. The van der Waals surface area contributed by atoms with Gasteiger partial charge in [0.15, 0.2) is 18.4 Å². The van der Waals surface area contributed by atoms with E-state index in [1.54, 1.807) is 115 Å². The summed E-state index contributed by atoms with van der Waals surface area (Å²) in [4.78, 5) is 53.4. The van der Waals surface area contributed by atoms with Crippen LogP contribution in [-0.4, -0.2) is 47.4 Å². The number of pyridine rings is 1. The van der Waals surface area contributed by atoms with Crippen molar-refractivity contribution in [2.75, 3.05) is 6.61 Å². The number of ether oxygens (including phenoxy) is 4. The molecule has 1 aliphatic rings. The Morgan fingerprint density at radius 1 is 0.644 bits per heavy atom. The molecule has 45 heavy (non-hydrogen) atoms. The van der Waals surface area contributed by atoms with E-state index in [0.29, 0.717) is 10.9 Å². The second-order valence-electron chi connectivity index (χ2n) is 10.6. The number of aromatic nitrogens is 1. The Kier molecular flexibility index (Phi) is 8.52. The Balaban J connectivity index is 1.40. The highest BCUT2D eigenvalue weighted by atomic mass is 16.7. The van der Waals surface area contributed by atoms with Crippen molar-refractivity contribution in [3.63, 3.8) is 0 Å². The number of hydrogen-bond acceptors (Lipinski definition) is 8. The smallest absolute Gasteiger partial charge is 0.338 e. The summed E-state index contributed by atoms with van der Waals surface area (Å²) < 4.78 is 25.2. The van der Waals surface area contributed by atoms with Gasteiger partial charge >= 0.3 is 17.9 Å². The lowest BCUT2D eigenvalue weighted by atomic mass is 10.1. The fourth-order valence-electron chi connectivity index (χ4n) is 5.33. The third kappa shape index (κ3) is 6.25. The molecule has 4 atom stereocenters. The van der Waals surface area contributed by atoms with E-state index >= 15 is 0 Å². The lowest BCUT2D eigenvalue weighted by Crippen LogP contribution is -2.42. The maximum atomic E-state index is 13.8. The zero-order chi connectivity index (χ0) is 31.3. The minimum atomic E-state index is -1.29. The first-order valence-electron chi connectivity index (χ1n) is 14.4. The molecule has 226 valence electrons. The Labute approximate surface area is 258 Å². The van der Waals surface area contributed by atoms with Gasteiger partial charge in [0.1, 0.15) is 12.7 Å². The van der Waals surface area contributed by atoms with Crippen LogP contribution in [-0.2, 0) is 18.9 Å². The minimum absolute atomic E-state index is 0.254. The molecular formula is C36H29NO8. The standard InChI is InChI=1S/C36H29NO8/c1-23-12-11-19-28-27(23)20-21-37(32(28)38)33-31(45-36(41)26-17-9-4-10-18-26)30(44-35(40)25-15-7-3-8-16-25)29(43-33)22-42-34(39)24-13-5-2-6-14-24/h2-21,29-31,33H,22H2,1H3/t29-,30+,31-,33-/m1/s1. The summed E-state index contributed by atoms with van der Waals surface area (Å²) in [5, 5.41) is 1.20. The van der Waals surface area contributed by atoms with Gasteiger partial charge in [-0.2, -0.15) is 0 Å². The summed E-state index contributed by atoms with van der Waals surface area (Å²) in [6.07, 6.45) is -3.29. The van der Waals surface area contributed by atoms with Crippen LogP contribution < -0.4 is 5.56 Å². The monoisotopic (exact) mass is 603 g/mol. The molecule has 0 bridgehead atoms. The zero-order valence-electron chi connectivity index (χ0n) is 24.3. The molecule has 0 N–H and O–H groups in total. The topological polar surface area (TPSA) is 110 Å². The van der Waals surface area contributed by atoms with Crippen LogP contribution in [0.1, 0.15) is 42.9 Å². The van der Waals surface area contributed by atoms with Crippen molar-refractivity contribution in [1.29, 1.82) is 0 Å². The van der Waals surface area contributed by atoms with Gasteiger partial charge in [-0.25, -0.2) is 14.4 Å². The molecule has 0 spiro atoms. The van der Waals surface area contributed by atoms with Crippen LogP contribution in [0.2, 0.25) is 0 Å². The number of carbonyl (C=O) groups excluding carboxylic acids is 3. The summed E-state index contributed by atoms with van der Waals surface area (Å²) in [6, 6.07) is 32.2. The fraction of sp³-hybridized carbons (Fsp3) is 0.167. The molecule has 6 rings (SSSR count). The van der Waals surface area contributed by atoms with Crippen molar-refractivity contribution in [3.05, 3.63) is 154 Å². The van der Waals surface area contributed by atoms with E-state index in [0.717, 1.165) is 10.9 Å². The predicted octanol–water partition coefficient (Wildman–Crippen LogP) is 5.52. The average Bonchev–Trinajstić information content (AvgIpc) is 3.41. The third-order valence-corrected chi connectivity index (χ3v) is 7.64. The van der Waals surface area contributed by atoms with E-state index in [9.17, 15) is 19.2 Å². The number of nitrogens with zero attached hydrogens (tertiary/aromatic N) is 1. The van der Waals surface area contributed by atoms with Crippen LogP contribution in [0.3, 0.4) is 0 Å². The second-order valence-corrected chi connectivity index (χ2v) is 10.6. The number of fused-ring (bicyclic) bond motifs is 1. The lowest BCUT2D eigenvalue weighted by molar-refractivity contribution is -0.0632. The number of esters is 3. The first-order chi connectivity index (χ1) is 21.9. The molecule has 1 aromatic heterocycles. The van der Waals surface area contributed by atoms with Gasteiger partial charge in [0.2, 0.25) is 0 Å². The van der Waals surface area contributed by atoms with E-state index in [-0.39, 0.29) is 17.7 Å². The number of carbonyl (C=O) groups is 3. The van der Waals surface area contributed by atoms with Crippen LogP contribution in [0.5, 0.6) is 0 Å². The summed E-state index contributed by atoms with van der Waals surface area (Å²) >= 11 is 0. The van der Waals surface area contributed by atoms with Gasteiger partial charge in [0, 0.05) is 11.6 Å². The van der Waals surface area contributed by atoms with Crippen molar-refractivity contribution in [3.8, 4) is 0 Å². The van der Waals surface area contributed by atoms with Crippen molar-refractivity contribution in [2.24, 2.45) is 0 Å². The summed E-state index contributed by atoms with van der Waals surface area (Å²) in [6.45, 7) is 1.55. The molecule has 0 unspecified atom stereocenters. The Bertz CT molecular complexity index is 1890. The molecule has 0 aliphatic carbocycles. The largest absolute Gasteiger partial charge is 0.459 e. The van der Waals surface area contributed by atoms with Crippen molar-refractivity contribution in [2.45, 2.75) is 31.5 Å². The van der Waals surface area contributed by atoms with Crippen LogP contribution in [0.15, 0.2) is 126 Å². The van der Waals surface area contributed by atoms with Crippen molar-refractivity contribution in [1.82, 2.24) is 4.57 Å². The third-order valence-electron chi connectivity index (χ3n) is 7.64. The fourth-order valence-corrected chi connectivity index (χ4v) is 5.33. The number of rotatable bonds is 8. The van der Waals surface area contributed by atoms with Crippen LogP contribution >= 0.6 is 0 Å². The predicted molar refractivity (Wildman–Crippen MR) is 165 cm³/mol. The van der Waals surface area contributed by atoms with E-state index < -0.39 is 48.0 Å². The molecule has 0 amide bonds. The van der Waals surface area contributed by atoms with E-state index in [4.69, 9.17) is 18.9 Å². The maximum Gasteiger partial charge on any atom is 0.338 e. The molecule has 1 fully saturated rings. The minimum Gasteiger partial charge on any atom is -0.459 e. The van der Waals surface area contributed by atoms with Crippen molar-refractivity contribution >= 4 is 28.7 Å². The van der Waals surface area contributed by atoms with Gasteiger partial charge in [-0.1, -0.05) is 66.7 Å². The summed E-state index contributed by atoms with van der Waals surface area (Å²) in [5.41, 5.74) is 1.35.